The maximum Gasteiger partial charge on any atom is 0.335 e. The molecule has 0 aliphatic carbocycles. The monoisotopic (exact) mass is 456 g/mol. The third kappa shape index (κ3) is 4.94. The summed E-state index contributed by atoms with van der Waals surface area (Å²) in [5.41, 5.74) is 2.42. The first-order chi connectivity index (χ1) is 15.1. The van der Waals surface area contributed by atoms with Gasteiger partial charge in [0.05, 0.1) is 23.4 Å². The number of nitrogens with one attached hydrogen (secondary N) is 1. The molecule has 0 saturated carbocycles. The predicted molar refractivity (Wildman–Crippen MR) is 123 cm³/mol. The van der Waals surface area contributed by atoms with Crippen LogP contribution in [0.4, 0.5) is 10.5 Å². The Kier molecular flexibility index (Phi) is 6.89. The second kappa shape index (κ2) is 9.44. The van der Waals surface area contributed by atoms with Gasteiger partial charge in [-0.15, -0.1) is 0 Å². The van der Waals surface area contributed by atoms with E-state index in [2.05, 4.69) is 5.32 Å². The smallest absolute Gasteiger partial charge is 0.335 e. The summed E-state index contributed by atoms with van der Waals surface area (Å²) in [6.07, 6.45) is 1.26. The summed E-state index contributed by atoms with van der Waals surface area (Å²) < 4.78 is 11.4. The first kappa shape index (κ1) is 23.3. The van der Waals surface area contributed by atoms with E-state index < -0.39 is 17.8 Å². The van der Waals surface area contributed by atoms with Crippen molar-refractivity contribution in [2.24, 2.45) is 0 Å². The molecule has 8 heteroatoms. The fraction of sp³-hybridized carbons (Fsp3) is 0.292. The Morgan fingerprint density at radius 3 is 2.31 bits per heavy atom. The highest BCUT2D eigenvalue weighted by molar-refractivity contribution is 6.39. The highest BCUT2D eigenvalue weighted by Crippen LogP contribution is 2.38. The quantitative estimate of drug-likeness (QED) is 0.498. The Morgan fingerprint density at radius 2 is 1.72 bits per heavy atom. The van der Waals surface area contributed by atoms with Gasteiger partial charge in [0, 0.05) is 0 Å². The van der Waals surface area contributed by atoms with Crippen LogP contribution in [-0.2, 0) is 9.59 Å². The molecule has 32 heavy (non-hydrogen) atoms. The van der Waals surface area contributed by atoms with E-state index in [1.807, 2.05) is 40.7 Å². The molecule has 0 unspecified atom stereocenters. The van der Waals surface area contributed by atoms with Crippen molar-refractivity contribution < 1.29 is 23.9 Å². The number of ether oxygens (including phenoxy) is 2. The number of hydrogen-bond acceptors (Lipinski definition) is 5. The average Bonchev–Trinajstić information content (AvgIpc) is 2.67. The van der Waals surface area contributed by atoms with E-state index in [0.717, 1.165) is 16.0 Å². The van der Waals surface area contributed by atoms with E-state index in [9.17, 15) is 14.4 Å². The highest BCUT2D eigenvalue weighted by atomic mass is 35.5. The summed E-state index contributed by atoms with van der Waals surface area (Å²) in [5, 5.41) is 2.51. The molecule has 2 aromatic rings. The summed E-state index contributed by atoms with van der Waals surface area (Å²) in [5.74, 6) is -0.721. The maximum absolute atomic E-state index is 13.2. The third-order valence-corrected chi connectivity index (χ3v) is 4.84. The average molecular weight is 457 g/mol. The number of barbiturate groups is 1. The van der Waals surface area contributed by atoms with Crippen molar-refractivity contribution in [2.75, 3.05) is 11.5 Å². The van der Waals surface area contributed by atoms with Crippen LogP contribution in [0.25, 0.3) is 6.08 Å². The lowest BCUT2D eigenvalue weighted by molar-refractivity contribution is -0.122. The van der Waals surface area contributed by atoms with E-state index in [4.69, 9.17) is 21.1 Å². The van der Waals surface area contributed by atoms with Gasteiger partial charge in [0.2, 0.25) is 0 Å². The van der Waals surface area contributed by atoms with Crippen molar-refractivity contribution in [3.63, 3.8) is 0 Å². The minimum atomic E-state index is -0.795. The first-order valence-corrected chi connectivity index (χ1v) is 10.6. The zero-order valence-electron chi connectivity index (χ0n) is 18.6. The molecular formula is C24H25ClN2O5. The number of aryl methyl sites for hydroxylation is 2. The van der Waals surface area contributed by atoms with Crippen LogP contribution in [0.1, 0.15) is 37.5 Å². The molecule has 0 bridgehead atoms. The lowest BCUT2D eigenvalue weighted by atomic mass is 10.0. The van der Waals surface area contributed by atoms with Gasteiger partial charge in [-0.2, -0.15) is 0 Å². The molecule has 1 aliphatic rings. The minimum Gasteiger partial charge on any atom is -0.490 e. The number of carbonyl (C=O) groups excluding carboxylic acids is 3. The Balaban J connectivity index is 2.05. The third-order valence-electron chi connectivity index (χ3n) is 4.56. The number of hydrogen-bond donors (Lipinski definition) is 1. The van der Waals surface area contributed by atoms with E-state index in [1.54, 1.807) is 24.3 Å². The zero-order chi connectivity index (χ0) is 23.6. The van der Waals surface area contributed by atoms with Crippen molar-refractivity contribution >= 4 is 41.2 Å². The normalized spacial score (nSPS) is 15.4. The van der Waals surface area contributed by atoms with Gasteiger partial charge in [-0.1, -0.05) is 17.7 Å². The molecule has 1 heterocycles. The van der Waals surface area contributed by atoms with Crippen LogP contribution in [0.3, 0.4) is 0 Å². The van der Waals surface area contributed by atoms with Crippen molar-refractivity contribution in [2.45, 2.75) is 40.7 Å². The highest BCUT2D eigenvalue weighted by Gasteiger charge is 2.37. The van der Waals surface area contributed by atoms with E-state index in [-0.39, 0.29) is 16.7 Å². The lowest BCUT2D eigenvalue weighted by Crippen LogP contribution is -2.54. The first-order valence-electron chi connectivity index (χ1n) is 10.2. The van der Waals surface area contributed by atoms with Crippen LogP contribution in [-0.4, -0.2) is 30.6 Å². The fourth-order valence-corrected chi connectivity index (χ4v) is 3.69. The number of anilines is 1. The molecule has 0 aromatic heterocycles. The van der Waals surface area contributed by atoms with Gasteiger partial charge < -0.3 is 9.47 Å². The van der Waals surface area contributed by atoms with Gasteiger partial charge in [0.25, 0.3) is 11.8 Å². The second-order valence-electron chi connectivity index (χ2n) is 7.73. The number of imide groups is 2. The van der Waals surface area contributed by atoms with E-state index in [0.29, 0.717) is 29.4 Å². The Morgan fingerprint density at radius 1 is 1.06 bits per heavy atom. The summed E-state index contributed by atoms with van der Waals surface area (Å²) in [7, 11) is 0. The maximum atomic E-state index is 13.2. The molecule has 1 fully saturated rings. The molecule has 4 amide bonds. The second-order valence-corrected chi connectivity index (χ2v) is 8.14. The molecule has 3 rings (SSSR count). The van der Waals surface area contributed by atoms with Gasteiger partial charge in [0.15, 0.2) is 11.5 Å². The van der Waals surface area contributed by atoms with E-state index in [1.165, 1.54) is 6.08 Å². The van der Waals surface area contributed by atoms with Gasteiger partial charge in [0.1, 0.15) is 5.57 Å². The van der Waals surface area contributed by atoms with Crippen LogP contribution in [0.15, 0.2) is 35.9 Å². The number of rotatable bonds is 6. The molecule has 0 atom stereocenters. The van der Waals surface area contributed by atoms with Crippen molar-refractivity contribution in [3.8, 4) is 11.5 Å². The Labute approximate surface area is 191 Å². The number of amides is 4. The van der Waals surface area contributed by atoms with Crippen LogP contribution >= 0.6 is 11.6 Å². The number of nitrogens with zero attached hydrogens (tertiary/aromatic N) is 1. The standard InChI is InChI=1S/C24H25ClN2O5/c1-6-31-20-12-16(11-19(25)21(20)32-13(2)3)10-18-22(28)26-24(30)27(23(18)29)17-8-14(4)7-15(5)9-17/h7-13H,6H2,1-5H3,(H,26,28,30)/b18-10+. The fourth-order valence-electron chi connectivity index (χ4n) is 3.42. The molecule has 7 nitrogen and oxygen atoms in total. The summed E-state index contributed by atoms with van der Waals surface area (Å²) in [6, 6.07) is 7.76. The van der Waals surface area contributed by atoms with Crippen LogP contribution in [0.2, 0.25) is 5.02 Å². The van der Waals surface area contributed by atoms with Crippen LogP contribution in [0.5, 0.6) is 11.5 Å². The van der Waals surface area contributed by atoms with Gasteiger partial charge in [-0.3, -0.25) is 14.9 Å². The summed E-state index contributed by atoms with van der Waals surface area (Å²) in [4.78, 5) is 39.1. The topological polar surface area (TPSA) is 84.9 Å². The molecule has 0 spiro atoms. The molecule has 1 aliphatic heterocycles. The lowest BCUT2D eigenvalue weighted by Gasteiger charge is -2.27. The van der Waals surface area contributed by atoms with E-state index >= 15 is 0 Å². The SMILES string of the molecule is CCOc1cc(/C=C2\C(=O)NC(=O)N(c3cc(C)cc(C)c3)C2=O)cc(Cl)c1OC(C)C. The van der Waals surface area contributed by atoms with Gasteiger partial charge >= 0.3 is 6.03 Å². The number of benzene rings is 2. The summed E-state index contributed by atoms with van der Waals surface area (Å²) in [6.45, 7) is 9.66. The van der Waals surface area contributed by atoms with Crippen molar-refractivity contribution in [1.29, 1.82) is 0 Å². The van der Waals surface area contributed by atoms with Gasteiger partial charge in [-0.25, -0.2) is 9.69 Å². The molecular weight excluding hydrogens is 432 g/mol. The van der Waals surface area contributed by atoms with Gasteiger partial charge in [-0.05, 0) is 81.7 Å². The van der Waals surface area contributed by atoms with Crippen molar-refractivity contribution in [3.05, 3.63) is 57.6 Å². The molecule has 1 saturated heterocycles. The molecule has 168 valence electrons. The predicted octanol–water partition coefficient (Wildman–Crippen LogP) is 4.81. The Hall–Kier alpha value is -3.32. The van der Waals surface area contributed by atoms with Crippen LogP contribution < -0.4 is 19.7 Å². The van der Waals surface area contributed by atoms with Crippen LogP contribution in [0, 0.1) is 13.8 Å². The zero-order valence-corrected chi connectivity index (χ0v) is 19.4. The van der Waals surface area contributed by atoms with Crippen molar-refractivity contribution in [1.82, 2.24) is 5.32 Å². The molecule has 1 N–H and O–H groups in total. The number of carbonyl (C=O) groups is 3. The summed E-state index contributed by atoms with van der Waals surface area (Å²) >= 11 is 6.40. The molecule has 2 aromatic carbocycles. The minimum absolute atomic E-state index is 0.126. The largest absolute Gasteiger partial charge is 0.490 e. The molecule has 0 radical (unpaired) electrons. The Bertz CT molecular complexity index is 1100. The number of halogens is 1. The number of urea groups is 1.